The fourth-order valence-corrected chi connectivity index (χ4v) is 1.51. The molecule has 6 heteroatoms. The third-order valence-electron chi connectivity index (χ3n) is 2.45. The fourth-order valence-electron chi connectivity index (χ4n) is 1.51. The van der Waals surface area contributed by atoms with Gasteiger partial charge in [0.05, 0.1) is 12.5 Å². The zero-order valence-corrected chi connectivity index (χ0v) is 9.73. The van der Waals surface area contributed by atoms with Crippen LogP contribution >= 0.6 is 0 Å². The van der Waals surface area contributed by atoms with Gasteiger partial charge in [-0.15, -0.1) is 0 Å². The molecule has 0 aliphatic heterocycles. The van der Waals surface area contributed by atoms with Gasteiger partial charge in [-0.05, 0) is 18.2 Å². The highest BCUT2D eigenvalue weighted by Crippen LogP contribution is 2.15. The van der Waals surface area contributed by atoms with Gasteiger partial charge in [-0.25, -0.2) is 0 Å². The van der Waals surface area contributed by atoms with Crippen molar-refractivity contribution in [2.24, 2.45) is 5.92 Å². The summed E-state index contributed by atoms with van der Waals surface area (Å²) in [5.41, 5.74) is 2.20. The first-order valence-corrected chi connectivity index (χ1v) is 5.31. The number of anilines is 1. The van der Waals surface area contributed by atoms with Gasteiger partial charge in [0.15, 0.2) is 0 Å². The van der Waals surface area contributed by atoms with Crippen LogP contribution in [0.15, 0.2) is 18.2 Å². The van der Waals surface area contributed by atoms with Crippen molar-refractivity contribution in [1.82, 2.24) is 15.4 Å². The van der Waals surface area contributed by atoms with Crippen LogP contribution in [0.3, 0.4) is 0 Å². The highest BCUT2D eigenvalue weighted by Gasteiger charge is 2.12. The van der Waals surface area contributed by atoms with E-state index in [2.05, 4.69) is 20.7 Å². The second-order valence-electron chi connectivity index (χ2n) is 3.87. The molecule has 2 N–H and O–H groups in total. The number of aromatic nitrogens is 3. The van der Waals surface area contributed by atoms with Crippen molar-refractivity contribution >= 4 is 22.6 Å². The maximum Gasteiger partial charge on any atom is 0.229 e. The monoisotopic (exact) mass is 234 g/mol. The van der Waals surface area contributed by atoms with Crippen LogP contribution in [-0.2, 0) is 9.53 Å². The minimum atomic E-state index is -0.187. The number of nitrogens with zero attached hydrogens (tertiary/aromatic N) is 2. The number of benzene rings is 1. The Labute approximate surface area is 98.3 Å². The molecular weight excluding hydrogens is 220 g/mol. The molecule has 6 nitrogen and oxygen atoms in total. The molecule has 0 spiro atoms. The van der Waals surface area contributed by atoms with Gasteiger partial charge >= 0.3 is 0 Å². The number of hydrogen-bond acceptors (Lipinski definition) is 4. The molecule has 1 aromatic heterocycles. The number of fused-ring (bicyclic) bond motifs is 1. The predicted octanol–water partition coefficient (Wildman–Crippen LogP) is 1.18. The molecule has 1 aromatic carbocycles. The third kappa shape index (κ3) is 2.59. The number of methoxy groups -OCH3 is 1. The standard InChI is InChI=1S/C11H14N4O2/c1-7(6-17-2)11(16)12-8-3-4-9-10(5-8)14-15-13-9/h3-5,7H,6H2,1-2H3,(H,12,16)(H,13,14,15). The van der Waals surface area contributed by atoms with Gasteiger partial charge in [0.2, 0.25) is 5.91 Å². The van der Waals surface area contributed by atoms with Crippen molar-refractivity contribution in [3.05, 3.63) is 18.2 Å². The number of hydrogen-bond donors (Lipinski definition) is 2. The van der Waals surface area contributed by atoms with Crippen molar-refractivity contribution in [3.63, 3.8) is 0 Å². The summed E-state index contributed by atoms with van der Waals surface area (Å²) in [7, 11) is 1.57. The molecule has 1 heterocycles. The van der Waals surface area contributed by atoms with Crippen LogP contribution in [0.5, 0.6) is 0 Å². The summed E-state index contributed by atoms with van der Waals surface area (Å²) in [6, 6.07) is 5.37. The van der Waals surface area contributed by atoms with Gasteiger partial charge in [-0.2, -0.15) is 15.4 Å². The molecule has 0 bridgehead atoms. The van der Waals surface area contributed by atoms with Crippen LogP contribution in [0.25, 0.3) is 11.0 Å². The Kier molecular flexibility index (Phi) is 3.34. The molecular formula is C11H14N4O2. The maximum atomic E-state index is 11.7. The Morgan fingerprint density at radius 1 is 1.47 bits per heavy atom. The van der Waals surface area contributed by atoms with Gasteiger partial charge in [0.1, 0.15) is 11.0 Å². The molecule has 90 valence electrons. The quantitative estimate of drug-likeness (QED) is 0.832. The van der Waals surface area contributed by atoms with E-state index in [0.717, 1.165) is 11.0 Å². The first-order valence-electron chi connectivity index (χ1n) is 5.31. The Hall–Kier alpha value is -1.95. The normalized spacial score (nSPS) is 12.6. The van der Waals surface area contributed by atoms with E-state index >= 15 is 0 Å². The van der Waals surface area contributed by atoms with Gasteiger partial charge in [-0.3, -0.25) is 4.79 Å². The summed E-state index contributed by atoms with van der Waals surface area (Å²) < 4.78 is 4.93. The van der Waals surface area contributed by atoms with Gasteiger partial charge in [0.25, 0.3) is 0 Å². The lowest BCUT2D eigenvalue weighted by atomic mass is 10.2. The van der Waals surface area contributed by atoms with E-state index in [0.29, 0.717) is 12.3 Å². The van der Waals surface area contributed by atoms with Crippen molar-refractivity contribution in [1.29, 1.82) is 0 Å². The highest BCUT2D eigenvalue weighted by atomic mass is 16.5. The summed E-state index contributed by atoms with van der Waals surface area (Å²) in [5, 5.41) is 13.2. The number of amides is 1. The van der Waals surface area contributed by atoms with Crippen LogP contribution < -0.4 is 5.32 Å². The average molecular weight is 234 g/mol. The Balaban J connectivity index is 2.09. The number of aromatic amines is 1. The van der Waals surface area contributed by atoms with Gasteiger partial charge in [0, 0.05) is 12.8 Å². The molecule has 1 unspecified atom stereocenters. The van der Waals surface area contributed by atoms with Crippen LogP contribution in [0, 0.1) is 5.92 Å². The van der Waals surface area contributed by atoms with Crippen LogP contribution in [0.2, 0.25) is 0 Å². The SMILES string of the molecule is COCC(C)C(=O)Nc1ccc2n[nH]nc2c1. The van der Waals surface area contributed by atoms with Crippen LogP contribution in [-0.4, -0.2) is 35.0 Å². The number of carbonyl (C=O) groups is 1. The smallest absolute Gasteiger partial charge is 0.229 e. The van der Waals surface area contributed by atoms with Crippen molar-refractivity contribution in [2.45, 2.75) is 6.92 Å². The minimum Gasteiger partial charge on any atom is -0.384 e. The third-order valence-corrected chi connectivity index (χ3v) is 2.45. The average Bonchev–Trinajstić information content (AvgIpc) is 2.76. The molecule has 0 saturated carbocycles. The lowest BCUT2D eigenvalue weighted by Crippen LogP contribution is -2.23. The summed E-state index contributed by atoms with van der Waals surface area (Å²) in [5.74, 6) is -0.261. The molecule has 2 rings (SSSR count). The maximum absolute atomic E-state index is 11.7. The Morgan fingerprint density at radius 2 is 2.24 bits per heavy atom. The predicted molar refractivity (Wildman–Crippen MR) is 63.6 cm³/mol. The Morgan fingerprint density at radius 3 is 3.00 bits per heavy atom. The number of nitrogens with one attached hydrogen (secondary N) is 2. The summed E-state index contributed by atoms with van der Waals surface area (Å²) in [6.45, 7) is 2.21. The molecule has 1 amide bonds. The first-order chi connectivity index (χ1) is 8.20. The van der Waals surface area contributed by atoms with Gasteiger partial charge < -0.3 is 10.1 Å². The fraction of sp³-hybridized carbons (Fsp3) is 0.364. The van der Waals surface area contributed by atoms with Crippen molar-refractivity contribution in [2.75, 3.05) is 19.0 Å². The second kappa shape index (κ2) is 4.92. The highest BCUT2D eigenvalue weighted by molar-refractivity contribution is 5.94. The number of H-pyrrole nitrogens is 1. The van der Waals surface area contributed by atoms with E-state index < -0.39 is 0 Å². The van der Waals surface area contributed by atoms with E-state index in [4.69, 9.17) is 4.74 Å². The number of carbonyl (C=O) groups excluding carboxylic acids is 1. The van der Waals surface area contributed by atoms with E-state index in [1.807, 2.05) is 6.92 Å². The molecule has 0 aliphatic carbocycles. The van der Waals surface area contributed by atoms with E-state index in [9.17, 15) is 4.79 Å². The zero-order valence-electron chi connectivity index (χ0n) is 9.73. The lowest BCUT2D eigenvalue weighted by Gasteiger charge is -2.10. The summed E-state index contributed by atoms with van der Waals surface area (Å²) in [4.78, 5) is 11.7. The van der Waals surface area contributed by atoms with E-state index in [1.54, 1.807) is 25.3 Å². The van der Waals surface area contributed by atoms with Gasteiger partial charge in [-0.1, -0.05) is 6.92 Å². The number of ether oxygens (including phenoxy) is 1. The molecule has 17 heavy (non-hydrogen) atoms. The topological polar surface area (TPSA) is 79.9 Å². The summed E-state index contributed by atoms with van der Waals surface area (Å²) in [6.07, 6.45) is 0. The second-order valence-corrected chi connectivity index (χ2v) is 3.87. The van der Waals surface area contributed by atoms with E-state index in [1.165, 1.54) is 0 Å². The summed E-state index contributed by atoms with van der Waals surface area (Å²) >= 11 is 0. The molecule has 2 aromatic rings. The first kappa shape index (κ1) is 11.5. The minimum absolute atomic E-state index is 0.0744. The van der Waals surface area contributed by atoms with Crippen LogP contribution in [0.1, 0.15) is 6.92 Å². The number of rotatable bonds is 4. The van der Waals surface area contributed by atoms with Crippen molar-refractivity contribution < 1.29 is 9.53 Å². The molecule has 0 aliphatic rings. The lowest BCUT2D eigenvalue weighted by molar-refractivity contribution is -0.120. The largest absolute Gasteiger partial charge is 0.384 e. The Bertz CT molecular complexity index is 523. The molecule has 0 fully saturated rings. The van der Waals surface area contributed by atoms with Crippen LogP contribution in [0.4, 0.5) is 5.69 Å². The molecule has 0 saturated heterocycles. The zero-order chi connectivity index (χ0) is 12.3. The van der Waals surface area contributed by atoms with Crippen molar-refractivity contribution in [3.8, 4) is 0 Å². The molecule has 0 radical (unpaired) electrons. The van der Waals surface area contributed by atoms with E-state index in [-0.39, 0.29) is 11.8 Å². The molecule has 1 atom stereocenters.